The van der Waals surface area contributed by atoms with Crippen LogP contribution in [-0.2, 0) is 42.5 Å². The van der Waals surface area contributed by atoms with Gasteiger partial charge in [0.25, 0.3) is 20.0 Å². The zero-order valence-corrected chi connectivity index (χ0v) is 37.9. The Morgan fingerprint density at radius 1 is 0.754 bits per heavy atom. The van der Waals surface area contributed by atoms with Gasteiger partial charge in [-0.2, -0.15) is 0 Å². The third-order valence-electron chi connectivity index (χ3n) is 11.3. The molecule has 6 aromatic rings. The van der Waals surface area contributed by atoms with Gasteiger partial charge in [0.15, 0.2) is 10.3 Å². The van der Waals surface area contributed by atoms with Crippen LogP contribution in [0.5, 0.6) is 0 Å². The van der Waals surface area contributed by atoms with Crippen LogP contribution in [0.25, 0.3) is 0 Å². The van der Waals surface area contributed by atoms with E-state index in [9.17, 15) is 40.3 Å². The molecular weight excluding hydrogens is 919 g/mol. The molecule has 4 aromatic carbocycles. The van der Waals surface area contributed by atoms with E-state index in [0.717, 1.165) is 84.0 Å². The van der Waals surface area contributed by atoms with E-state index in [4.69, 9.17) is 0 Å². The van der Waals surface area contributed by atoms with Crippen molar-refractivity contribution in [1.82, 2.24) is 9.97 Å². The molecule has 1 fully saturated rings. The lowest BCUT2D eigenvalue weighted by atomic mass is 9.98. The monoisotopic (exact) mass is 962 g/mol. The number of hydrogen-bond donors (Lipinski definition) is 4. The predicted molar refractivity (Wildman–Crippen MR) is 248 cm³/mol. The van der Waals surface area contributed by atoms with Crippen molar-refractivity contribution in [2.45, 2.75) is 60.4 Å². The van der Waals surface area contributed by atoms with Crippen LogP contribution in [0.3, 0.4) is 0 Å². The number of para-hydroxylation sites is 2. The standard InChI is InChI=1S/C22H23FN4O4S2.C22H21FN4O3S2/c23-17-14-16(33(30,31)26-22-24-10-13-32-22)7-8-18(17)25-21(29)20(9-12-28)27-11-3-5-15-4-1-2-6-19(15)27;23-17-14-16(32(29,30)25-22-24-10-13-31-22)7-8-19(17)27-12-9-20(21(27)28)26-11-3-5-15-4-1-2-6-18(15)26/h1-2,4,6-8,10,13-14,20,28H,3,5,9,11-12H2,(H,24,26)(H,25,29);1-2,4,6-8,10,13-14,20H,3,5,9,11-12H2,(H,24,25)/t2*20-/m00/s1. The third-order valence-corrected chi connectivity index (χ3v) is 15.6. The first kappa shape index (κ1) is 45.6. The van der Waals surface area contributed by atoms with E-state index in [1.54, 1.807) is 10.8 Å². The summed E-state index contributed by atoms with van der Waals surface area (Å²) in [5.74, 6) is -2.28. The number of carbonyl (C=O) groups excluding carboxylic acids is 2. The van der Waals surface area contributed by atoms with Gasteiger partial charge in [0.05, 0.1) is 21.2 Å². The lowest BCUT2D eigenvalue weighted by Gasteiger charge is -2.37. The number of anilines is 6. The second-order valence-corrected chi connectivity index (χ2v) is 20.5. The highest BCUT2D eigenvalue weighted by atomic mass is 32.2. The van der Waals surface area contributed by atoms with E-state index >= 15 is 0 Å². The number of sulfonamides is 2. The van der Waals surface area contributed by atoms with Crippen molar-refractivity contribution in [3.05, 3.63) is 131 Å². The molecule has 65 heavy (non-hydrogen) atoms. The molecular formula is C44H44F2N8O7S4. The number of thiazole rings is 2. The zero-order chi connectivity index (χ0) is 45.7. The Balaban J connectivity index is 0.000000177. The zero-order valence-electron chi connectivity index (χ0n) is 34.6. The molecule has 0 unspecified atom stereocenters. The average Bonchev–Trinajstić information content (AvgIpc) is 4.09. The lowest BCUT2D eigenvalue weighted by Crippen LogP contribution is -2.47. The van der Waals surface area contributed by atoms with Crippen LogP contribution < -0.4 is 29.5 Å². The molecule has 2 atom stereocenters. The fourth-order valence-electron chi connectivity index (χ4n) is 8.27. The quantitative estimate of drug-likeness (QED) is 0.0945. The maximum Gasteiger partial charge on any atom is 0.263 e. The molecule has 2 amide bonds. The molecule has 15 nitrogen and oxygen atoms in total. The minimum atomic E-state index is -4.02. The van der Waals surface area contributed by atoms with Crippen LogP contribution in [0.2, 0.25) is 0 Å². The average molecular weight is 963 g/mol. The van der Waals surface area contributed by atoms with E-state index in [1.807, 2.05) is 47.4 Å². The van der Waals surface area contributed by atoms with Gasteiger partial charge >= 0.3 is 0 Å². The fraction of sp³-hybridized carbons (Fsp3) is 0.273. The topological polar surface area (TPSA) is 194 Å². The van der Waals surface area contributed by atoms with Gasteiger partial charge in [0.2, 0.25) is 11.8 Å². The minimum Gasteiger partial charge on any atom is -0.396 e. The summed E-state index contributed by atoms with van der Waals surface area (Å²) in [6.07, 6.45) is 7.39. The SMILES string of the molecule is O=C(Nc1ccc(S(=O)(=O)Nc2nccs2)cc1F)[C@H](CCO)N1CCCc2ccccc21.O=C1[C@@H](N2CCCc3ccccc32)CCN1c1ccc(S(=O)(=O)Nc2nccs2)cc1F. The summed E-state index contributed by atoms with van der Waals surface area (Å²) < 4.78 is 84.3. The van der Waals surface area contributed by atoms with Gasteiger partial charge in [-0.15, -0.1) is 22.7 Å². The Kier molecular flexibility index (Phi) is 13.8. The van der Waals surface area contributed by atoms with Crippen molar-refractivity contribution in [2.24, 2.45) is 0 Å². The summed E-state index contributed by atoms with van der Waals surface area (Å²) in [6.45, 7) is 1.59. The van der Waals surface area contributed by atoms with E-state index in [2.05, 4.69) is 35.7 Å². The number of aromatic nitrogens is 2. The van der Waals surface area contributed by atoms with Crippen molar-refractivity contribution < 1.29 is 40.3 Å². The van der Waals surface area contributed by atoms with Gasteiger partial charge in [0, 0.05) is 60.8 Å². The molecule has 340 valence electrons. The second-order valence-electron chi connectivity index (χ2n) is 15.3. The maximum atomic E-state index is 15.0. The Morgan fingerprint density at radius 2 is 1.34 bits per heavy atom. The first-order valence-electron chi connectivity index (χ1n) is 20.7. The van der Waals surface area contributed by atoms with Gasteiger partial charge in [0.1, 0.15) is 23.7 Å². The van der Waals surface area contributed by atoms with E-state index in [1.165, 1.54) is 47.1 Å². The number of halogens is 2. The normalized spacial score (nSPS) is 16.5. The molecule has 0 spiro atoms. The van der Waals surface area contributed by atoms with E-state index < -0.39 is 43.6 Å². The van der Waals surface area contributed by atoms with Crippen molar-refractivity contribution in [1.29, 1.82) is 0 Å². The predicted octanol–water partition coefficient (Wildman–Crippen LogP) is 6.87. The van der Waals surface area contributed by atoms with Gasteiger partial charge in [-0.25, -0.2) is 35.6 Å². The van der Waals surface area contributed by atoms with Crippen LogP contribution in [0.1, 0.15) is 36.8 Å². The number of rotatable bonds is 13. The first-order chi connectivity index (χ1) is 31.3. The summed E-state index contributed by atoms with van der Waals surface area (Å²) >= 11 is 2.23. The summed E-state index contributed by atoms with van der Waals surface area (Å²) in [5.41, 5.74) is 4.28. The Labute approximate surface area is 382 Å². The molecule has 0 bridgehead atoms. The number of nitrogens with zero attached hydrogens (tertiary/aromatic N) is 5. The molecule has 5 heterocycles. The smallest absolute Gasteiger partial charge is 0.263 e. The Morgan fingerprint density at radius 3 is 1.94 bits per heavy atom. The van der Waals surface area contributed by atoms with E-state index in [-0.39, 0.29) is 56.4 Å². The molecule has 9 rings (SSSR count). The number of amides is 2. The fourth-order valence-corrected chi connectivity index (χ4v) is 11.9. The Bertz CT molecular complexity index is 2890. The van der Waals surface area contributed by atoms with Crippen molar-refractivity contribution in [2.75, 3.05) is 55.7 Å². The number of benzene rings is 4. The van der Waals surface area contributed by atoms with Crippen LogP contribution in [0.15, 0.2) is 118 Å². The largest absolute Gasteiger partial charge is 0.396 e. The number of aryl methyl sites for hydroxylation is 2. The highest BCUT2D eigenvalue weighted by Crippen LogP contribution is 2.35. The molecule has 4 N–H and O–H groups in total. The summed E-state index contributed by atoms with van der Waals surface area (Å²) in [7, 11) is -8.00. The van der Waals surface area contributed by atoms with Crippen molar-refractivity contribution in [3.63, 3.8) is 0 Å². The van der Waals surface area contributed by atoms with Crippen LogP contribution >= 0.6 is 22.7 Å². The highest BCUT2D eigenvalue weighted by Gasteiger charge is 2.39. The summed E-state index contributed by atoms with van der Waals surface area (Å²) in [6, 6.07) is 21.7. The molecule has 0 radical (unpaired) electrons. The Hall–Kier alpha value is -6.00. The number of hydrogen-bond acceptors (Lipinski definition) is 13. The molecule has 1 saturated heterocycles. The number of carbonyl (C=O) groups is 2. The summed E-state index contributed by atoms with van der Waals surface area (Å²) in [4.78, 5) is 39.0. The van der Waals surface area contributed by atoms with Crippen molar-refractivity contribution >= 4 is 87.5 Å². The number of fused-ring (bicyclic) bond motifs is 2. The molecule has 3 aliphatic heterocycles. The van der Waals surface area contributed by atoms with Crippen molar-refractivity contribution in [3.8, 4) is 0 Å². The maximum absolute atomic E-state index is 15.0. The summed E-state index contributed by atoms with van der Waals surface area (Å²) in [5, 5.41) is 15.7. The first-order valence-corrected chi connectivity index (χ1v) is 25.4. The van der Waals surface area contributed by atoms with Crippen LogP contribution in [-0.4, -0.2) is 82.0 Å². The molecule has 2 aromatic heterocycles. The number of aliphatic hydroxyl groups excluding tert-OH is 1. The number of nitrogens with one attached hydrogen (secondary N) is 3. The van der Waals surface area contributed by atoms with E-state index in [0.29, 0.717) is 19.5 Å². The van der Waals surface area contributed by atoms with Crippen LogP contribution in [0.4, 0.5) is 41.8 Å². The van der Waals surface area contributed by atoms with Gasteiger partial charge in [-0.3, -0.25) is 19.0 Å². The third kappa shape index (κ3) is 10.1. The minimum absolute atomic E-state index is 0.0935. The van der Waals surface area contributed by atoms with Gasteiger partial charge < -0.3 is 25.1 Å². The van der Waals surface area contributed by atoms with Gasteiger partial charge in [-0.1, -0.05) is 36.4 Å². The van der Waals surface area contributed by atoms with Crippen LogP contribution in [0, 0.1) is 11.6 Å². The second kappa shape index (κ2) is 19.6. The molecule has 21 heteroatoms. The lowest BCUT2D eigenvalue weighted by molar-refractivity contribution is -0.118. The number of aliphatic hydroxyl groups is 1. The molecule has 0 saturated carbocycles. The van der Waals surface area contributed by atoms with Gasteiger partial charge in [-0.05, 0) is 98.2 Å². The highest BCUT2D eigenvalue weighted by molar-refractivity contribution is 7.93. The molecule has 3 aliphatic rings. The molecule has 0 aliphatic carbocycles.